The topological polar surface area (TPSA) is 63.7 Å². The van der Waals surface area contributed by atoms with Gasteiger partial charge in [0.1, 0.15) is 6.10 Å². The van der Waals surface area contributed by atoms with Gasteiger partial charge in [-0.25, -0.2) is 0 Å². The summed E-state index contributed by atoms with van der Waals surface area (Å²) in [7, 11) is 0. The number of carbonyl (C=O) groups is 3. The first-order valence-corrected chi connectivity index (χ1v) is 6.26. The lowest BCUT2D eigenvalue weighted by Gasteiger charge is -2.44. The maximum atomic E-state index is 12.1. The standard InChI is InChI=1S/C13H19NO4/c1-7(15)18-8-5-9-10(6-8)14(11(9)16)12(17)13(2,3)4/h8-10H,5-6H2,1-4H3. The molecule has 0 aromatic carbocycles. The van der Waals surface area contributed by atoms with E-state index >= 15 is 0 Å². The number of fused-ring (bicyclic) bond motifs is 1. The number of esters is 1. The third kappa shape index (κ3) is 2.02. The van der Waals surface area contributed by atoms with Crippen LogP contribution in [-0.2, 0) is 19.1 Å². The molecule has 5 heteroatoms. The zero-order valence-electron chi connectivity index (χ0n) is 11.2. The Morgan fingerprint density at radius 1 is 1.28 bits per heavy atom. The van der Waals surface area contributed by atoms with Crippen LogP contribution in [0.2, 0.25) is 0 Å². The molecule has 0 N–H and O–H groups in total. The number of hydrogen-bond acceptors (Lipinski definition) is 4. The highest BCUT2D eigenvalue weighted by molar-refractivity contribution is 6.04. The van der Waals surface area contributed by atoms with Gasteiger partial charge in [-0.15, -0.1) is 0 Å². The summed E-state index contributed by atoms with van der Waals surface area (Å²) in [4.78, 5) is 36.3. The first-order valence-electron chi connectivity index (χ1n) is 6.26. The Kier molecular flexibility index (Phi) is 2.95. The molecular weight excluding hydrogens is 234 g/mol. The molecule has 0 spiro atoms. The lowest BCUT2D eigenvalue weighted by Crippen LogP contribution is -2.63. The number of hydrogen-bond donors (Lipinski definition) is 0. The van der Waals surface area contributed by atoms with Crippen molar-refractivity contribution < 1.29 is 19.1 Å². The second-order valence-corrected chi connectivity index (χ2v) is 6.14. The highest BCUT2D eigenvalue weighted by Crippen LogP contribution is 2.43. The molecule has 1 saturated carbocycles. The third-order valence-corrected chi connectivity index (χ3v) is 3.56. The smallest absolute Gasteiger partial charge is 0.302 e. The van der Waals surface area contributed by atoms with Gasteiger partial charge in [-0.3, -0.25) is 19.3 Å². The van der Waals surface area contributed by atoms with Crippen molar-refractivity contribution in [1.82, 2.24) is 4.90 Å². The molecule has 100 valence electrons. The normalized spacial score (nSPS) is 30.8. The van der Waals surface area contributed by atoms with Crippen molar-refractivity contribution in [3.8, 4) is 0 Å². The largest absolute Gasteiger partial charge is 0.462 e. The van der Waals surface area contributed by atoms with Crippen molar-refractivity contribution in [1.29, 1.82) is 0 Å². The van der Waals surface area contributed by atoms with Gasteiger partial charge in [-0.05, 0) is 6.42 Å². The molecule has 0 bridgehead atoms. The van der Waals surface area contributed by atoms with Crippen LogP contribution in [0.1, 0.15) is 40.5 Å². The fourth-order valence-electron chi connectivity index (χ4n) is 2.72. The molecule has 0 radical (unpaired) electrons. The van der Waals surface area contributed by atoms with Gasteiger partial charge in [0, 0.05) is 18.8 Å². The van der Waals surface area contributed by atoms with E-state index in [9.17, 15) is 14.4 Å². The Hall–Kier alpha value is -1.39. The summed E-state index contributed by atoms with van der Waals surface area (Å²) < 4.78 is 5.12. The summed E-state index contributed by atoms with van der Waals surface area (Å²) in [5.41, 5.74) is -0.555. The number of amides is 2. The molecular formula is C13H19NO4. The molecule has 18 heavy (non-hydrogen) atoms. The van der Waals surface area contributed by atoms with Gasteiger partial charge in [0.05, 0.1) is 12.0 Å². The Balaban J connectivity index is 2.05. The van der Waals surface area contributed by atoms with Crippen molar-refractivity contribution in [2.75, 3.05) is 0 Å². The van der Waals surface area contributed by atoms with Crippen molar-refractivity contribution in [2.24, 2.45) is 11.3 Å². The van der Waals surface area contributed by atoms with Crippen LogP contribution in [-0.4, -0.2) is 34.8 Å². The highest BCUT2D eigenvalue weighted by atomic mass is 16.5. The van der Waals surface area contributed by atoms with Crippen molar-refractivity contribution in [3.63, 3.8) is 0 Å². The molecule has 0 aromatic heterocycles. The number of rotatable bonds is 1. The van der Waals surface area contributed by atoms with E-state index in [1.165, 1.54) is 11.8 Å². The Morgan fingerprint density at radius 2 is 1.89 bits per heavy atom. The number of likely N-dealkylation sites (tertiary alicyclic amines) is 1. The first-order chi connectivity index (χ1) is 8.21. The number of imide groups is 1. The van der Waals surface area contributed by atoms with Crippen LogP contribution in [0, 0.1) is 11.3 Å². The molecule has 0 aromatic rings. The summed E-state index contributed by atoms with van der Waals surface area (Å²) in [6, 6.07) is -0.0754. The zero-order valence-corrected chi connectivity index (χ0v) is 11.2. The van der Waals surface area contributed by atoms with Crippen LogP contribution < -0.4 is 0 Å². The van der Waals surface area contributed by atoms with E-state index in [1.54, 1.807) is 20.8 Å². The van der Waals surface area contributed by atoms with E-state index in [2.05, 4.69) is 0 Å². The lowest BCUT2D eigenvalue weighted by atomic mass is 9.85. The predicted molar refractivity (Wildman–Crippen MR) is 63.4 cm³/mol. The summed E-state index contributed by atoms with van der Waals surface area (Å²) in [6.07, 6.45) is 0.911. The van der Waals surface area contributed by atoms with E-state index in [-0.39, 0.29) is 35.8 Å². The molecule has 1 heterocycles. The van der Waals surface area contributed by atoms with E-state index < -0.39 is 5.41 Å². The van der Waals surface area contributed by atoms with Gasteiger partial charge in [-0.2, -0.15) is 0 Å². The molecule has 2 amide bonds. The van der Waals surface area contributed by atoms with Crippen LogP contribution in [0.25, 0.3) is 0 Å². The van der Waals surface area contributed by atoms with Crippen LogP contribution >= 0.6 is 0 Å². The number of ether oxygens (including phenoxy) is 1. The van der Waals surface area contributed by atoms with Gasteiger partial charge in [0.2, 0.25) is 11.8 Å². The highest BCUT2D eigenvalue weighted by Gasteiger charge is 2.57. The average molecular weight is 253 g/mol. The number of nitrogens with zero attached hydrogens (tertiary/aromatic N) is 1. The van der Waals surface area contributed by atoms with Crippen LogP contribution in [0.3, 0.4) is 0 Å². The molecule has 3 atom stereocenters. The van der Waals surface area contributed by atoms with Gasteiger partial charge in [0.25, 0.3) is 0 Å². The van der Waals surface area contributed by atoms with Crippen molar-refractivity contribution in [3.05, 3.63) is 0 Å². The van der Waals surface area contributed by atoms with Gasteiger partial charge in [0.15, 0.2) is 0 Å². The molecule has 2 rings (SSSR count). The van der Waals surface area contributed by atoms with E-state index in [4.69, 9.17) is 4.74 Å². The lowest BCUT2D eigenvalue weighted by molar-refractivity contribution is -0.168. The van der Waals surface area contributed by atoms with E-state index in [1.807, 2.05) is 0 Å². The summed E-state index contributed by atoms with van der Waals surface area (Å²) in [5, 5.41) is 0. The maximum Gasteiger partial charge on any atom is 0.302 e. The number of carbonyl (C=O) groups excluding carboxylic acids is 3. The van der Waals surface area contributed by atoms with Crippen molar-refractivity contribution >= 4 is 17.8 Å². The fraction of sp³-hybridized carbons (Fsp3) is 0.769. The van der Waals surface area contributed by atoms with E-state index in [0.717, 1.165) is 0 Å². The summed E-state index contributed by atoms with van der Waals surface area (Å²) in [5.74, 6) is -0.727. The SMILES string of the molecule is CC(=O)OC1CC2C(=O)N(C(=O)C(C)(C)C)C2C1. The Labute approximate surface area is 106 Å². The minimum Gasteiger partial charge on any atom is -0.462 e. The quantitative estimate of drug-likeness (QED) is 0.519. The molecule has 1 saturated heterocycles. The minimum absolute atomic E-state index is 0.0754. The Bertz CT molecular complexity index is 410. The maximum absolute atomic E-state index is 12.1. The van der Waals surface area contributed by atoms with Crippen LogP contribution in [0.15, 0.2) is 0 Å². The molecule has 1 aliphatic heterocycles. The molecule has 1 aliphatic carbocycles. The molecule has 2 aliphatic rings. The first kappa shape index (κ1) is 13.1. The van der Waals surface area contributed by atoms with E-state index in [0.29, 0.717) is 12.8 Å². The second kappa shape index (κ2) is 4.07. The fourth-order valence-corrected chi connectivity index (χ4v) is 2.72. The molecule has 2 fully saturated rings. The minimum atomic E-state index is -0.555. The van der Waals surface area contributed by atoms with Gasteiger partial charge in [-0.1, -0.05) is 20.8 Å². The van der Waals surface area contributed by atoms with Crippen molar-refractivity contribution in [2.45, 2.75) is 52.7 Å². The monoisotopic (exact) mass is 253 g/mol. The van der Waals surface area contributed by atoms with Gasteiger partial charge >= 0.3 is 5.97 Å². The molecule has 3 unspecified atom stereocenters. The zero-order chi connectivity index (χ0) is 13.7. The average Bonchev–Trinajstić information content (AvgIpc) is 2.55. The Morgan fingerprint density at radius 3 is 2.39 bits per heavy atom. The predicted octanol–water partition coefficient (Wildman–Crippen LogP) is 1.11. The van der Waals surface area contributed by atoms with Crippen LogP contribution in [0.5, 0.6) is 0 Å². The summed E-state index contributed by atoms with van der Waals surface area (Å²) >= 11 is 0. The third-order valence-electron chi connectivity index (χ3n) is 3.56. The van der Waals surface area contributed by atoms with Gasteiger partial charge < -0.3 is 4.74 Å². The van der Waals surface area contributed by atoms with Crippen LogP contribution in [0.4, 0.5) is 0 Å². The second-order valence-electron chi connectivity index (χ2n) is 6.14. The number of β-lactam (4-membered cyclic amide) rings is 1. The molecule has 5 nitrogen and oxygen atoms in total. The summed E-state index contributed by atoms with van der Waals surface area (Å²) in [6.45, 7) is 6.76.